The van der Waals surface area contributed by atoms with Gasteiger partial charge < -0.3 is 9.64 Å². The van der Waals surface area contributed by atoms with Gasteiger partial charge in [-0.3, -0.25) is 9.48 Å². The summed E-state index contributed by atoms with van der Waals surface area (Å²) in [5.41, 5.74) is 2.46. The topological polar surface area (TPSA) is 60.3 Å². The summed E-state index contributed by atoms with van der Waals surface area (Å²) in [4.78, 5) is 18.9. The molecule has 3 aromatic rings. The summed E-state index contributed by atoms with van der Waals surface area (Å²) in [7, 11) is 0. The molecule has 0 saturated carbocycles. The quantitative estimate of drug-likeness (QED) is 0.711. The van der Waals surface area contributed by atoms with Gasteiger partial charge in [0.25, 0.3) is 5.91 Å². The SMILES string of the molecule is CC1CN(Cc2ccccc2)C(=O)c2cc(COc3ccccn3)nn21. The zero-order valence-corrected chi connectivity index (χ0v) is 14.6. The first-order chi connectivity index (χ1) is 12.7. The third kappa shape index (κ3) is 3.31. The number of rotatable bonds is 5. The fraction of sp³-hybridized carbons (Fsp3) is 0.250. The molecule has 0 fully saturated rings. The number of hydrogen-bond acceptors (Lipinski definition) is 4. The van der Waals surface area contributed by atoms with Gasteiger partial charge in [-0.2, -0.15) is 5.10 Å². The third-order valence-corrected chi connectivity index (χ3v) is 4.42. The van der Waals surface area contributed by atoms with Gasteiger partial charge >= 0.3 is 0 Å². The molecular formula is C20H20N4O2. The lowest BCUT2D eigenvalue weighted by Crippen LogP contribution is -2.41. The van der Waals surface area contributed by atoms with Gasteiger partial charge in [-0.15, -0.1) is 0 Å². The molecule has 3 heterocycles. The van der Waals surface area contributed by atoms with Crippen molar-refractivity contribution < 1.29 is 9.53 Å². The lowest BCUT2D eigenvalue weighted by Gasteiger charge is -2.31. The van der Waals surface area contributed by atoms with E-state index in [1.54, 1.807) is 16.9 Å². The molecule has 0 bridgehead atoms. The van der Waals surface area contributed by atoms with Crippen molar-refractivity contribution in [2.45, 2.75) is 26.1 Å². The predicted molar refractivity (Wildman–Crippen MR) is 96.7 cm³/mol. The number of pyridine rings is 1. The molecule has 0 N–H and O–H groups in total. The molecule has 2 aromatic heterocycles. The van der Waals surface area contributed by atoms with Crippen LogP contribution in [0.2, 0.25) is 0 Å². The van der Waals surface area contributed by atoms with Crippen LogP contribution in [-0.2, 0) is 13.2 Å². The lowest BCUT2D eigenvalue weighted by atomic mass is 10.1. The van der Waals surface area contributed by atoms with Gasteiger partial charge in [-0.25, -0.2) is 4.98 Å². The van der Waals surface area contributed by atoms with Gasteiger partial charge in [0.05, 0.1) is 6.04 Å². The summed E-state index contributed by atoms with van der Waals surface area (Å²) in [6.07, 6.45) is 1.68. The van der Waals surface area contributed by atoms with E-state index in [0.29, 0.717) is 24.7 Å². The Morgan fingerprint density at radius 1 is 1.15 bits per heavy atom. The largest absolute Gasteiger partial charge is 0.471 e. The van der Waals surface area contributed by atoms with Gasteiger partial charge in [-0.05, 0) is 24.6 Å². The Kier molecular flexibility index (Phi) is 4.39. The van der Waals surface area contributed by atoms with E-state index in [9.17, 15) is 4.79 Å². The normalized spacial score (nSPS) is 16.4. The van der Waals surface area contributed by atoms with Gasteiger partial charge in [-0.1, -0.05) is 36.4 Å². The molecule has 1 atom stereocenters. The number of benzene rings is 1. The Balaban J connectivity index is 1.50. The van der Waals surface area contributed by atoms with Crippen molar-refractivity contribution in [1.82, 2.24) is 19.7 Å². The van der Waals surface area contributed by atoms with Gasteiger partial charge in [0.1, 0.15) is 18.0 Å². The minimum absolute atomic E-state index is 0.00328. The zero-order valence-electron chi connectivity index (χ0n) is 14.6. The van der Waals surface area contributed by atoms with E-state index in [1.807, 2.05) is 53.4 Å². The highest BCUT2D eigenvalue weighted by Gasteiger charge is 2.30. The van der Waals surface area contributed by atoms with Crippen molar-refractivity contribution in [3.63, 3.8) is 0 Å². The number of ether oxygens (including phenoxy) is 1. The Morgan fingerprint density at radius 3 is 2.73 bits per heavy atom. The van der Waals surface area contributed by atoms with Crippen LogP contribution in [0, 0.1) is 0 Å². The first-order valence-electron chi connectivity index (χ1n) is 8.66. The highest BCUT2D eigenvalue weighted by molar-refractivity contribution is 5.93. The summed E-state index contributed by atoms with van der Waals surface area (Å²) in [5, 5.41) is 4.56. The molecule has 1 unspecified atom stereocenters. The summed E-state index contributed by atoms with van der Waals surface area (Å²) >= 11 is 0. The fourth-order valence-electron chi connectivity index (χ4n) is 3.17. The number of aromatic nitrogens is 3. The second-order valence-corrected chi connectivity index (χ2v) is 6.44. The smallest absolute Gasteiger partial charge is 0.272 e. The molecule has 4 rings (SSSR count). The van der Waals surface area contributed by atoms with Crippen molar-refractivity contribution in [3.05, 3.63) is 77.7 Å². The van der Waals surface area contributed by atoms with Crippen LogP contribution < -0.4 is 4.74 Å². The van der Waals surface area contributed by atoms with Gasteiger partial charge in [0, 0.05) is 25.4 Å². The molecular weight excluding hydrogens is 328 g/mol. The molecule has 6 nitrogen and oxygen atoms in total. The van der Waals surface area contributed by atoms with Crippen LogP contribution in [-0.4, -0.2) is 32.1 Å². The van der Waals surface area contributed by atoms with E-state index in [0.717, 1.165) is 11.3 Å². The standard InChI is InChI=1S/C20H20N4O2/c1-15-12-23(13-16-7-3-2-4-8-16)20(25)18-11-17(22-24(15)18)14-26-19-9-5-6-10-21-19/h2-11,15H,12-14H2,1H3. The maximum atomic E-state index is 12.9. The molecule has 0 radical (unpaired) electrons. The Labute approximate surface area is 152 Å². The number of amides is 1. The van der Waals surface area contributed by atoms with Crippen LogP contribution in [0.25, 0.3) is 0 Å². The fourth-order valence-corrected chi connectivity index (χ4v) is 3.17. The molecule has 132 valence electrons. The molecule has 26 heavy (non-hydrogen) atoms. The third-order valence-electron chi connectivity index (χ3n) is 4.42. The molecule has 1 aliphatic heterocycles. The Morgan fingerprint density at radius 2 is 1.96 bits per heavy atom. The van der Waals surface area contributed by atoms with Crippen molar-refractivity contribution in [2.75, 3.05) is 6.54 Å². The predicted octanol–water partition coefficient (Wildman–Crippen LogP) is 3.07. The summed E-state index contributed by atoms with van der Waals surface area (Å²) in [6, 6.07) is 17.5. The van der Waals surface area contributed by atoms with Crippen molar-refractivity contribution >= 4 is 5.91 Å². The molecule has 0 spiro atoms. The molecule has 1 aliphatic rings. The van der Waals surface area contributed by atoms with E-state index >= 15 is 0 Å². The van der Waals surface area contributed by atoms with Gasteiger partial charge in [0.15, 0.2) is 0 Å². The second kappa shape index (κ2) is 7.00. The highest BCUT2D eigenvalue weighted by atomic mass is 16.5. The van der Waals surface area contributed by atoms with E-state index in [4.69, 9.17) is 4.74 Å². The summed E-state index contributed by atoms with van der Waals surface area (Å²) < 4.78 is 7.46. The summed E-state index contributed by atoms with van der Waals surface area (Å²) in [5.74, 6) is 0.548. The number of carbonyl (C=O) groups excluding carboxylic acids is 1. The first-order valence-corrected chi connectivity index (χ1v) is 8.66. The molecule has 6 heteroatoms. The molecule has 1 amide bonds. The average molecular weight is 348 g/mol. The molecule has 0 aliphatic carbocycles. The second-order valence-electron chi connectivity index (χ2n) is 6.44. The van der Waals surface area contributed by atoms with E-state index in [-0.39, 0.29) is 18.6 Å². The van der Waals surface area contributed by atoms with Crippen LogP contribution in [0.4, 0.5) is 0 Å². The number of hydrogen-bond donors (Lipinski definition) is 0. The van der Waals surface area contributed by atoms with Crippen LogP contribution >= 0.6 is 0 Å². The minimum atomic E-state index is 0.00328. The monoisotopic (exact) mass is 348 g/mol. The Bertz CT molecular complexity index is 893. The zero-order chi connectivity index (χ0) is 17.9. The van der Waals surface area contributed by atoms with Crippen molar-refractivity contribution in [1.29, 1.82) is 0 Å². The van der Waals surface area contributed by atoms with Crippen LogP contribution in [0.3, 0.4) is 0 Å². The minimum Gasteiger partial charge on any atom is -0.471 e. The van der Waals surface area contributed by atoms with E-state index < -0.39 is 0 Å². The van der Waals surface area contributed by atoms with Crippen LogP contribution in [0.15, 0.2) is 60.8 Å². The number of nitrogens with zero attached hydrogens (tertiary/aromatic N) is 4. The maximum absolute atomic E-state index is 12.9. The van der Waals surface area contributed by atoms with Crippen LogP contribution in [0.5, 0.6) is 5.88 Å². The highest BCUT2D eigenvalue weighted by Crippen LogP contribution is 2.23. The number of fused-ring (bicyclic) bond motifs is 1. The van der Waals surface area contributed by atoms with Crippen molar-refractivity contribution in [3.8, 4) is 5.88 Å². The van der Waals surface area contributed by atoms with Crippen LogP contribution in [0.1, 0.15) is 34.7 Å². The van der Waals surface area contributed by atoms with E-state index in [1.165, 1.54) is 0 Å². The molecule has 1 aromatic carbocycles. The first kappa shape index (κ1) is 16.3. The van der Waals surface area contributed by atoms with Gasteiger partial charge in [0.2, 0.25) is 5.88 Å². The lowest BCUT2D eigenvalue weighted by molar-refractivity contribution is 0.0651. The summed E-state index contributed by atoms with van der Waals surface area (Å²) in [6.45, 7) is 3.61. The van der Waals surface area contributed by atoms with Crippen molar-refractivity contribution in [2.24, 2.45) is 0 Å². The number of carbonyl (C=O) groups is 1. The molecule has 0 saturated heterocycles. The van der Waals surface area contributed by atoms with E-state index in [2.05, 4.69) is 17.0 Å². The Hall–Kier alpha value is -3.15. The maximum Gasteiger partial charge on any atom is 0.272 e. The average Bonchev–Trinajstić information content (AvgIpc) is 3.11.